The lowest BCUT2D eigenvalue weighted by Gasteiger charge is -2.04. The molecule has 0 radical (unpaired) electrons. The SMILES string of the molecule is CC1(C)C(c2noc(N)c2-c2cccc(F)c2)C1(C)C. The Morgan fingerprint density at radius 2 is 1.85 bits per heavy atom. The Morgan fingerprint density at radius 3 is 2.40 bits per heavy atom. The summed E-state index contributed by atoms with van der Waals surface area (Å²) >= 11 is 0. The van der Waals surface area contributed by atoms with Gasteiger partial charge in [0, 0.05) is 5.92 Å². The van der Waals surface area contributed by atoms with Crippen LogP contribution in [0.2, 0.25) is 0 Å². The van der Waals surface area contributed by atoms with Crippen LogP contribution in [-0.4, -0.2) is 5.16 Å². The lowest BCUT2D eigenvalue weighted by atomic mass is 9.99. The average molecular weight is 274 g/mol. The standard InChI is InChI=1S/C16H19FN2O/c1-15(2)13(16(15,3)4)12-11(14(18)20-19-12)9-6-5-7-10(17)8-9/h5-8,13H,18H2,1-4H3. The minimum atomic E-state index is -0.289. The van der Waals surface area contributed by atoms with Crippen molar-refractivity contribution in [3.8, 4) is 11.1 Å². The topological polar surface area (TPSA) is 52.0 Å². The summed E-state index contributed by atoms with van der Waals surface area (Å²) < 4.78 is 18.6. The molecule has 20 heavy (non-hydrogen) atoms. The molecule has 4 heteroatoms. The smallest absolute Gasteiger partial charge is 0.230 e. The van der Waals surface area contributed by atoms with E-state index in [1.165, 1.54) is 12.1 Å². The number of benzene rings is 1. The molecule has 0 unspecified atom stereocenters. The van der Waals surface area contributed by atoms with E-state index in [1.807, 2.05) is 6.07 Å². The van der Waals surface area contributed by atoms with Gasteiger partial charge < -0.3 is 10.3 Å². The van der Waals surface area contributed by atoms with Gasteiger partial charge in [0.05, 0.1) is 11.3 Å². The van der Waals surface area contributed by atoms with Crippen molar-refractivity contribution in [2.75, 3.05) is 5.73 Å². The first kappa shape index (κ1) is 13.2. The van der Waals surface area contributed by atoms with Crippen molar-refractivity contribution >= 4 is 5.88 Å². The van der Waals surface area contributed by atoms with E-state index in [2.05, 4.69) is 32.9 Å². The quantitative estimate of drug-likeness (QED) is 0.892. The molecule has 106 valence electrons. The first-order valence-electron chi connectivity index (χ1n) is 6.78. The number of hydrogen-bond acceptors (Lipinski definition) is 3. The Morgan fingerprint density at radius 1 is 1.20 bits per heavy atom. The van der Waals surface area contributed by atoms with Crippen LogP contribution < -0.4 is 5.73 Å². The highest BCUT2D eigenvalue weighted by Gasteiger charge is 2.67. The van der Waals surface area contributed by atoms with Gasteiger partial charge in [-0.15, -0.1) is 0 Å². The third-order valence-electron chi connectivity index (χ3n) is 5.15. The fourth-order valence-electron chi connectivity index (χ4n) is 3.33. The van der Waals surface area contributed by atoms with Gasteiger partial charge in [-0.25, -0.2) is 4.39 Å². The second-order valence-corrected chi connectivity index (χ2v) is 6.69. The van der Waals surface area contributed by atoms with E-state index < -0.39 is 0 Å². The van der Waals surface area contributed by atoms with Crippen molar-refractivity contribution in [1.29, 1.82) is 0 Å². The van der Waals surface area contributed by atoms with Crippen LogP contribution in [0.1, 0.15) is 39.3 Å². The van der Waals surface area contributed by atoms with E-state index >= 15 is 0 Å². The number of rotatable bonds is 2. The number of nitrogen functional groups attached to an aromatic ring is 1. The van der Waals surface area contributed by atoms with Gasteiger partial charge in [0.2, 0.25) is 5.88 Å². The van der Waals surface area contributed by atoms with Gasteiger partial charge in [0.15, 0.2) is 0 Å². The largest absolute Gasteiger partial charge is 0.367 e. The maximum absolute atomic E-state index is 13.5. The fraction of sp³-hybridized carbons (Fsp3) is 0.438. The van der Waals surface area contributed by atoms with E-state index in [9.17, 15) is 4.39 Å². The van der Waals surface area contributed by atoms with Crippen molar-refractivity contribution in [3.05, 3.63) is 35.8 Å². The molecule has 0 atom stereocenters. The fourth-order valence-corrected chi connectivity index (χ4v) is 3.33. The van der Waals surface area contributed by atoms with Crippen LogP contribution in [0.4, 0.5) is 10.3 Å². The Kier molecular flexibility index (Phi) is 2.53. The summed E-state index contributed by atoms with van der Waals surface area (Å²) in [5, 5.41) is 4.15. The normalized spacial score (nSPS) is 20.1. The van der Waals surface area contributed by atoms with Gasteiger partial charge in [-0.3, -0.25) is 0 Å². The summed E-state index contributed by atoms with van der Waals surface area (Å²) in [6.45, 7) is 8.82. The van der Waals surface area contributed by atoms with E-state index in [4.69, 9.17) is 10.3 Å². The molecule has 1 saturated carbocycles. The molecule has 2 aromatic rings. The van der Waals surface area contributed by atoms with Crippen LogP contribution in [0.3, 0.4) is 0 Å². The van der Waals surface area contributed by atoms with E-state index in [1.54, 1.807) is 6.07 Å². The number of hydrogen-bond donors (Lipinski definition) is 1. The van der Waals surface area contributed by atoms with Crippen LogP contribution in [0.25, 0.3) is 11.1 Å². The van der Waals surface area contributed by atoms with Crippen LogP contribution >= 0.6 is 0 Å². The minimum absolute atomic E-state index is 0.123. The summed E-state index contributed by atoms with van der Waals surface area (Å²) in [7, 11) is 0. The van der Waals surface area contributed by atoms with Crippen molar-refractivity contribution in [2.24, 2.45) is 10.8 Å². The molecule has 1 fully saturated rings. The van der Waals surface area contributed by atoms with Crippen molar-refractivity contribution < 1.29 is 8.91 Å². The maximum atomic E-state index is 13.5. The Labute approximate surface area is 118 Å². The van der Waals surface area contributed by atoms with Gasteiger partial charge in [-0.2, -0.15) is 0 Å². The van der Waals surface area contributed by atoms with Crippen LogP contribution in [0.15, 0.2) is 28.8 Å². The minimum Gasteiger partial charge on any atom is -0.367 e. The lowest BCUT2D eigenvalue weighted by molar-refractivity contribution is 0.423. The molecule has 0 amide bonds. The summed E-state index contributed by atoms with van der Waals surface area (Å²) in [6.07, 6.45) is 0. The van der Waals surface area contributed by atoms with Gasteiger partial charge in [-0.1, -0.05) is 45.0 Å². The molecule has 3 nitrogen and oxygen atoms in total. The number of anilines is 1. The molecule has 0 aliphatic heterocycles. The highest BCUT2D eigenvalue weighted by Crippen LogP contribution is 2.74. The van der Waals surface area contributed by atoms with E-state index in [0.717, 1.165) is 16.8 Å². The average Bonchev–Trinajstić information content (AvgIpc) is 2.64. The zero-order valence-electron chi connectivity index (χ0n) is 12.2. The number of nitrogens with zero attached hydrogens (tertiary/aromatic N) is 1. The molecule has 0 saturated heterocycles. The summed E-state index contributed by atoms with van der Waals surface area (Å²) in [5.41, 5.74) is 8.45. The summed E-state index contributed by atoms with van der Waals surface area (Å²) in [4.78, 5) is 0. The molecule has 1 aromatic carbocycles. The third-order valence-corrected chi connectivity index (χ3v) is 5.15. The predicted molar refractivity (Wildman–Crippen MR) is 76.6 cm³/mol. The molecule has 1 aromatic heterocycles. The number of aromatic nitrogens is 1. The Bertz CT molecular complexity index is 659. The monoisotopic (exact) mass is 274 g/mol. The zero-order valence-corrected chi connectivity index (χ0v) is 12.2. The third kappa shape index (κ3) is 1.60. The molecule has 2 N–H and O–H groups in total. The molecule has 1 heterocycles. The highest BCUT2D eigenvalue weighted by atomic mass is 19.1. The van der Waals surface area contributed by atoms with Gasteiger partial charge in [-0.05, 0) is 28.5 Å². The van der Waals surface area contributed by atoms with Gasteiger partial charge >= 0.3 is 0 Å². The highest BCUT2D eigenvalue weighted by molar-refractivity contribution is 5.76. The predicted octanol–water partition coefficient (Wildman–Crippen LogP) is 4.21. The first-order valence-corrected chi connectivity index (χ1v) is 6.78. The zero-order chi connectivity index (χ0) is 14.7. The van der Waals surface area contributed by atoms with E-state index in [0.29, 0.717) is 0 Å². The van der Waals surface area contributed by atoms with Crippen LogP contribution in [-0.2, 0) is 0 Å². The lowest BCUT2D eigenvalue weighted by Crippen LogP contribution is -1.95. The second-order valence-electron chi connectivity index (χ2n) is 6.69. The van der Waals surface area contributed by atoms with E-state index in [-0.39, 0.29) is 28.4 Å². The van der Waals surface area contributed by atoms with Gasteiger partial charge in [0.25, 0.3) is 0 Å². The molecular formula is C16H19FN2O. The first-order chi connectivity index (χ1) is 9.26. The van der Waals surface area contributed by atoms with Crippen molar-refractivity contribution in [3.63, 3.8) is 0 Å². The summed E-state index contributed by atoms with van der Waals surface area (Å²) in [5.74, 6) is 0.224. The van der Waals surface area contributed by atoms with Gasteiger partial charge in [0.1, 0.15) is 5.82 Å². The number of halogens is 1. The Balaban J connectivity index is 2.13. The molecule has 0 bridgehead atoms. The molecule has 0 spiro atoms. The maximum Gasteiger partial charge on any atom is 0.230 e. The second kappa shape index (κ2) is 3.84. The van der Waals surface area contributed by atoms with Crippen LogP contribution in [0, 0.1) is 16.6 Å². The van der Waals surface area contributed by atoms with Crippen molar-refractivity contribution in [2.45, 2.75) is 33.6 Å². The number of nitrogens with two attached hydrogens (primary N) is 1. The summed E-state index contributed by atoms with van der Waals surface area (Å²) in [6, 6.07) is 6.38. The molecule has 1 aliphatic rings. The van der Waals surface area contributed by atoms with Crippen LogP contribution in [0.5, 0.6) is 0 Å². The molecule has 3 rings (SSSR count). The Hall–Kier alpha value is -1.84. The molecular weight excluding hydrogens is 255 g/mol. The van der Waals surface area contributed by atoms with Crippen molar-refractivity contribution in [1.82, 2.24) is 5.16 Å². The molecule has 1 aliphatic carbocycles.